The maximum atomic E-state index is 12.3. The first-order valence-electron chi connectivity index (χ1n) is 11.9. The van der Waals surface area contributed by atoms with Gasteiger partial charge in [0.1, 0.15) is 0 Å². The topological polar surface area (TPSA) is 60.9 Å². The van der Waals surface area contributed by atoms with Gasteiger partial charge in [0.05, 0.1) is 12.8 Å². The first-order valence-corrected chi connectivity index (χ1v) is 13.6. The Morgan fingerprint density at radius 3 is 1.64 bits per heavy atom. The first-order chi connectivity index (χ1) is 17.5. The molecule has 186 valence electrons. The van der Waals surface area contributed by atoms with Gasteiger partial charge < -0.3 is 14.9 Å². The molecule has 0 spiro atoms. The molecule has 0 saturated carbocycles. The zero-order valence-corrected chi connectivity index (χ0v) is 21.9. The van der Waals surface area contributed by atoms with E-state index in [1.54, 1.807) is 11.3 Å². The Bertz CT molecular complexity index is 1260. The van der Waals surface area contributed by atoms with Crippen molar-refractivity contribution >= 4 is 34.6 Å². The summed E-state index contributed by atoms with van der Waals surface area (Å²) in [6.45, 7) is 3.66. The first kappa shape index (κ1) is 25.8. The second-order valence-electron chi connectivity index (χ2n) is 8.70. The molecule has 1 aliphatic rings. The number of piperazine rings is 1. The summed E-state index contributed by atoms with van der Waals surface area (Å²) in [5.41, 5.74) is 2.36. The number of hydrogen-bond donors (Lipinski definition) is 1. The molecular formula is C29H30N2O3S2. The highest BCUT2D eigenvalue weighted by Crippen LogP contribution is 2.29. The van der Waals surface area contributed by atoms with Gasteiger partial charge in [0.25, 0.3) is 0 Å². The van der Waals surface area contributed by atoms with Crippen molar-refractivity contribution in [2.24, 2.45) is 0 Å². The van der Waals surface area contributed by atoms with E-state index in [2.05, 4.69) is 36.2 Å². The van der Waals surface area contributed by atoms with E-state index >= 15 is 0 Å². The Morgan fingerprint density at radius 2 is 1.17 bits per heavy atom. The molecule has 5 nitrogen and oxygen atoms in total. The lowest BCUT2D eigenvalue weighted by molar-refractivity contribution is -0.136. The number of carboxylic acids is 1. The van der Waals surface area contributed by atoms with Crippen LogP contribution in [0.15, 0.2) is 84.9 Å². The van der Waals surface area contributed by atoms with Crippen molar-refractivity contribution in [3.8, 4) is 20.9 Å². The number of carboxylic acid groups (broad SMARTS) is 1. The normalized spacial score (nSPS) is 13.6. The lowest BCUT2D eigenvalue weighted by atomic mass is 10.2. The number of aliphatic carboxylic acids is 1. The van der Waals surface area contributed by atoms with E-state index in [0.29, 0.717) is 6.42 Å². The van der Waals surface area contributed by atoms with Gasteiger partial charge in [-0.1, -0.05) is 60.7 Å². The second kappa shape index (κ2) is 12.6. The predicted octanol–water partition coefficient (Wildman–Crippen LogP) is 5.77. The predicted molar refractivity (Wildman–Crippen MR) is 149 cm³/mol. The molecule has 1 saturated heterocycles. The average Bonchev–Trinajstić information content (AvgIpc) is 3.55. The Balaban J connectivity index is 0.000000179. The number of nitrogens with zero attached hydrogens (tertiary/aromatic N) is 2. The minimum atomic E-state index is -0.781. The fourth-order valence-corrected chi connectivity index (χ4v) is 5.94. The molecule has 1 fully saturated rings. The number of thiophene rings is 2. The summed E-state index contributed by atoms with van der Waals surface area (Å²) in [4.78, 5) is 31.5. The molecule has 7 heteroatoms. The molecule has 2 aromatic heterocycles. The molecule has 2 aromatic carbocycles. The molecular weight excluding hydrogens is 488 g/mol. The van der Waals surface area contributed by atoms with Crippen LogP contribution in [0.25, 0.3) is 20.9 Å². The minimum Gasteiger partial charge on any atom is -0.481 e. The quantitative estimate of drug-likeness (QED) is 0.352. The number of rotatable bonds is 6. The number of carbonyl (C=O) groups excluding carboxylic acids is 1. The van der Waals surface area contributed by atoms with E-state index < -0.39 is 5.97 Å². The number of likely N-dealkylation sites (N-methyl/N-ethyl adjacent to an activating group) is 1. The summed E-state index contributed by atoms with van der Waals surface area (Å²) < 4.78 is 0. The van der Waals surface area contributed by atoms with Gasteiger partial charge in [-0.3, -0.25) is 9.59 Å². The highest BCUT2D eigenvalue weighted by atomic mass is 32.1. The van der Waals surface area contributed by atoms with Gasteiger partial charge in [-0.2, -0.15) is 0 Å². The lowest BCUT2D eigenvalue weighted by Gasteiger charge is -2.32. The van der Waals surface area contributed by atoms with Crippen LogP contribution in [-0.4, -0.2) is 60.0 Å². The van der Waals surface area contributed by atoms with E-state index in [4.69, 9.17) is 5.11 Å². The minimum absolute atomic E-state index is 0.109. The van der Waals surface area contributed by atoms with Crippen LogP contribution in [0.4, 0.5) is 0 Å². The van der Waals surface area contributed by atoms with Gasteiger partial charge in [0.2, 0.25) is 5.91 Å². The van der Waals surface area contributed by atoms with Crippen molar-refractivity contribution in [2.45, 2.75) is 12.8 Å². The van der Waals surface area contributed by atoms with Crippen LogP contribution >= 0.6 is 22.7 Å². The van der Waals surface area contributed by atoms with Gasteiger partial charge in [-0.05, 0) is 42.4 Å². The van der Waals surface area contributed by atoms with Gasteiger partial charge in [-0.25, -0.2) is 0 Å². The molecule has 5 rings (SSSR count). The zero-order valence-electron chi connectivity index (χ0n) is 20.3. The Morgan fingerprint density at radius 1 is 0.694 bits per heavy atom. The molecule has 1 N–H and O–H groups in total. The third-order valence-electron chi connectivity index (χ3n) is 5.95. The maximum Gasteiger partial charge on any atom is 0.308 e. The number of hydrogen-bond acceptors (Lipinski definition) is 5. The summed E-state index contributed by atoms with van der Waals surface area (Å²) >= 11 is 3.25. The molecule has 0 bridgehead atoms. The van der Waals surface area contributed by atoms with E-state index in [1.807, 2.05) is 65.6 Å². The Hall–Kier alpha value is -3.26. The Kier molecular flexibility index (Phi) is 9.06. The van der Waals surface area contributed by atoms with E-state index in [9.17, 15) is 9.59 Å². The van der Waals surface area contributed by atoms with Crippen LogP contribution in [0.3, 0.4) is 0 Å². The zero-order chi connectivity index (χ0) is 25.3. The maximum absolute atomic E-state index is 12.3. The van der Waals surface area contributed by atoms with Crippen LogP contribution in [0.1, 0.15) is 9.75 Å². The summed E-state index contributed by atoms with van der Waals surface area (Å²) in [6.07, 6.45) is 0.638. The van der Waals surface area contributed by atoms with Gasteiger partial charge in [0.15, 0.2) is 0 Å². The summed E-state index contributed by atoms with van der Waals surface area (Å²) in [5.74, 6) is -0.527. The number of carbonyl (C=O) groups is 2. The molecule has 0 aliphatic carbocycles. The van der Waals surface area contributed by atoms with Crippen LogP contribution in [0.2, 0.25) is 0 Å². The van der Waals surface area contributed by atoms with Crippen LogP contribution in [0.5, 0.6) is 0 Å². The van der Waals surface area contributed by atoms with Crippen LogP contribution in [-0.2, 0) is 22.4 Å². The number of amides is 1. The van der Waals surface area contributed by atoms with E-state index in [-0.39, 0.29) is 12.3 Å². The molecule has 0 unspecified atom stereocenters. The molecule has 3 heterocycles. The lowest BCUT2D eigenvalue weighted by Crippen LogP contribution is -2.47. The van der Waals surface area contributed by atoms with Crippen molar-refractivity contribution in [1.82, 2.24) is 9.80 Å². The molecule has 4 aromatic rings. The molecule has 1 aliphatic heterocycles. The van der Waals surface area contributed by atoms with Gasteiger partial charge in [-0.15, -0.1) is 22.7 Å². The highest BCUT2D eigenvalue weighted by molar-refractivity contribution is 7.15. The van der Waals surface area contributed by atoms with Crippen LogP contribution < -0.4 is 0 Å². The van der Waals surface area contributed by atoms with Gasteiger partial charge >= 0.3 is 5.97 Å². The van der Waals surface area contributed by atoms with E-state index in [0.717, 1.165) is 46.4 Å². The number of benzene rings is 2. The average molecular weight is 519 g/mol. The largest absolute Gasteiger partial charge is 0.481 e. The highest BCUT2D eigenvalue weighted by Gasteiger charge is 2.19. The fourth-order valence-electron chi connectivity index (χ4n) is 3.93. The monoisotopic (exact) mass is 518 g/mol. The molecule has 0 atom stereocenters. The summed E-state index contributed by atoms with van der Waals surface area (Å²) in [5, 5.41) is 8.65. The standard InChI is InChI=1S/C17H20N2OS.C12H10O2S/c1-18-9-11-19(12-10-18)17(20)13-15-7-8-16(21-15)14-5-3-2-4-6-14;13-12(14)8-10-6-7-11(15-10)9-4-2-1-3-5-9/h2-8H,9-13H2,1H3;1-7H,8H2,(H,13,14). The SMILES string of the molecule is CN1CCN(C(=O)Cc2ccc(-c3ccccc3)s2)CC1.O=C(O)Cc1ccc(-c2ccccc2)s1. The summed E-state index contributed by atoms with van der Waals surface area (Å²) in [7, 11) is 2.10. The molecule has 36 heavy (non-hydrogen) atoms. The van der Waals surface area contributed by atoms with Crippen molar-refractivity contribution in [2.75, 3.05) is 33.2 Å². The third kappa shape index (κ3) is 7.37. The smallest absolute Gasteiger partial charge is 0.308 e. The van der Waals surface area contributed by atoms with Crippen molar-refractivity contribution < 1.29 is 14.7 Å². The fraction of sp³-hybridized carbons (Fsp3) is 0.241. The third-order valence-corrected chi connectivity index (χ3v) is 8.22. The second-order valence-corrected chi connectivity index (χ2v) is 11.0. The van der Waals surface area contributed by atoms with Crippen molar-refractivity contribution in [3.63, 3.8) is 0 Å². The summed E-state index contributed by atoms with van der Waals surface area (Å²) in [6, 6.07) is 28.4. The molecule has 1 amide bonds. The Labute approximate surface area is 220 Å². The van der Waals surface area contributed by atoms with Crippen LogP contribution in [0, 0.1) is 0 Å². The van der Waals surface area contributed by atoms with Gasteiger partial charge in [0, 0.05) is 45.7 Å². The molecule has 0 radical (unpaired) electrons. The van der Waals surface area contributed by atoms with E-state index in [1.165, 1.54) is 21.8 Å². The van der Waals surface area contributed by atoms with Crippen molar-refractivity contribution in [1.29, 1.82) is 0 Å². The van der Waals surface area contributed by atoms with Crippen molar-refractivity contribution in [3.05, 3.63) is 94.7 Å².